The van der Waals surface area contributed by atoms with E-state index in [1.807, 2.05) is 18.3 Å². The van der Waals surface area contributed by atoms with E-state index in [2.05, 4.69) is 22.9 Å². The number of hydrogen-bond donors (Lipinski definition) is 1. The van der Waals surface area contributed by atoms with Crippen molar-refractivity contribution in [2.75, 3.05) is 26.3 Å². The monoisotopic (exact) mass is 249 g/mol. The van der Waals surface area contributed by atoms with Gasteiger partial charge in [-0.1, -0.05) is 13.0 Å². The third kappa shape index (κ3) is 3.28. The van der Waals surface area contributed by atoms with Crippen molar-refractivity contribution < 1.29 is 4.74 Å². The summed E-state index contributed by atoms with van der Waals surface area (Å²) in [5.74, 6) is 0.568. The lowest BCUT2D eigenvalue weighted by atomic mass is 9.97. The zero-order valence-corrected chi connectivity index (χ0v) is 11.1. The van der Waals surface area contributed by atoms with Gasteiger partial charge in [-0.15, -0.1) is 0 Å². The predicted octanol–water partition coefficient (Wildman–Crippen LogP) is 1.27. The van der Waals surface area contributed by atoms with Crippen LogP contribution in [0.25, 0.3) is 0 Å². The molecule has 0 aromatic carbocycles. The zero-order valence-electron chi connectivity index (χ0n) is 11.1. The van der Waals surface area contributed by atoms with Crippen LogP contribution in [0.5, 0.6) is 0 Å². The van der Waals surface area contributed by atoms with E-state index >= 15 is 0 Å². The lowest BCUT2D eigenvalue weighted by Crippen LogP contribution is -2.45. The number of nitrogens with two attached hydrogens (primary N) is 1. The Morgan fingerprint density at radius 1 is 1.56 bits per heavy atom. The molecule has 1 aromatic heterocycles. The highest BCUT2D eigenvalue weighted by Gasteiger charge is 2.28. The lowest BCUT2D eigenvalue weighted by molar-refractivity contribution is 0.120. The molecule has 2 heterocycles. The molecule has 4 nitrogen and oxygen atoms in total. The normalized spacial score (nSPS) is 21.4. The van der Waals surface area contributed by atoms with Gasteiger partial charge >= 0.3 is 0 Å². The minimum absolute atomic E-state index is 0.402. The molecule has 2 atom stereocenters. The van der Waals surface area contributed by atoms with Gasteiger partial charge in [0.25, 0.3) is 0 Å². The maximum atomic E-state index is 5.97. The van der Waals surface area contributed by atoms with Crippen molar-refractivity contribution in [1.29, 1.82) is 0 Å². The van der Waals surface area contributed by atoms with Gasteiger partial charge in [0, 0.05) is 37.9 Å². The van der Waals surface area contributed by atoms with Crippen LogP contribution in [0, 0.1) is 5.92 Å². The Morgan fingerprint density at radius 3 is 3.00 bits per heavy atom. The maximum Gasteiger partial charge on any atom is 0.0544 e. The Morgan fingerprint density at radius 2 is 2.44 bits per heavy atom. The first-order valence-electron chi connectivity index (χ1n) is 6.77. The minimum atomic E-state index is 0.402. The minimum Gasteiger partial charge on any atom is -0.381 e. The van der Waals surface area contributed by atoms with Gasteiger partial charge in [0.2, 0.25) is 0 Å². The van der Waals surface area contributed by atoms with Crippen molar-refractivity contribution in [2.24, 2.45) is 11.7 Å². The van der Waals surface area contributed by atoms with Crippen LogP contribution in [-0.4, -0.2) is 42.2 Å². The Kier molecular flexibility index (Phi) is 5.11. The lowest BCUT2D eigenvalue weighted by Gasteiger charge is -2.33. The SMILES string of the molecule is CCN(Cc1ccccn1)C(CN)C1CCOC1. The molecule has 1 aliphatic rings. The Balaban J connectivity index is 2.01. The second-order valence-corrected chi connectivity index (χ2v) is 4.81. The van der Waals surface area contributed by atoms with Gasteiger partial charge in [-0.3, -0.25) is 9.88 Å². The molecule has 2 N–H and O–H groups in total. The molecular weight excluding hydrogens is 226 g/mol. The van der Waals surface area contributed by atoms with E-state index in [-0.39, 0.29) is 0 Å². The molecule has 0 radical (unpaired) electrons. The summed E-state index contributed by atoms with van der Waals surface area (Å²) in [6.07, 6.45) is 2.97. The highest BCUT2D eigenvalue weighted by atomic mass is 16.5. The first kappa shape index (κ1) is 13.5. The molecule has 1 fully saturated rings. The molecule has 1 saturated heterocycles. The van der Waals surface area contributed by atoms with E-state index in [4.69, 9.17) is 10.5 Å². The third-order valence-corrected chi connectivity index (χ3v) is 3.72. The molecule has 0 amide bonds. The van der Waals surface area contributed by atoms with Crippen molar-refractivity contribution >= 4 is 0 Å². The van der Waals surface area contributed by atoms with Crippen molar-refractivity contribution in [2.45, 2.75) is 25.9 Å². The van der Waals surface area contributed by atoms with Gasteiger partial charge in [0.15, 0.2) is 0 Å². The van der Waals surface area contributed by atoms with Crippen LogP contribution in [0.1, 0.15) is 19.0 Å². The summed E-state index contributed by atoms with van der Waals surface area (Å²) in [7, 11) is 0. The maximum absolute atomic E-state index is 5.97. The standard InChI is InChI=1S/C14H23N3O/c1-2-17(10-13-5-3-4-7-16-13)14(9-15)12-6-8-18-11-12/h3-5,7,12,14H,2,6,8-11,15H2,1H3. The van der Waals surface area contributed by atoms with E-state index in [1.165, 1.54) is 0 Å². The summed E-state index contributed by atoms with van der Waals surface area (Å²) in [5.41, 5.74) is 7.07. The number of rotatable bonds is 6. The van der Waals surface area contributed by atoms with Gasteiger partial charge in [-0.25, -0.2) is 0 Å². The number of likely N-dealkylation sites (N-methyl/N-ethyl adjacent to an activating group) is 1. The molecule has 1 aromatic rings. The van der Waals surface area contributed by atoms with Crippen LogP contribution < -0.4 is 5.73 Å². The molecule has 100 valence electrons. The Bertz CT molecular complexity index is 338. The fourth-order valence-corrected chi connectivity index (χ4v) is 2.66. The fourth-order valence-electron chi connectivity index (χ4n) is 2.66. The molecule has 0 spiro atoms. The van der Waals surface area contributed by atoms with Crippen molar-refractivity contribution in [1.82, 2.24) is 9.88 Å². The molecule has 0 saturated carbocycles. The Hall–Kier alpha value is -0.970. The molecule has 18 heavy (non-hydrogen) atoms. The van der Waals surface area contributed by atoms with E-state index < -0.39 is 0 Å². The smallest absolute Gasteiger partial charge is 0.0544 e. The van der Waals surface area contributed by atoms with E-state index in [0.717, 1.165) is 38.4 Å². The summed E-state index contributed by atoms with van der Waals surface area (Å²) < 4.78 is 5.49. The van der Waals surface area contributed by atoms with Crippen LogP contribution in [-0.2, 0) is 11.3 Å². The molecule has 0 bridgehead atoms. The highest BCUT2D eigenvalue weighted by molar-refractivity contribution is 5.03. The van der Waals surface area contributed by atoms with Gasteiger partial charge < -0.3 is 10.5 Å². The quantitative estimate of drug-likeness (QED) is 0.825. The number of hydrogen-bond acceptors (Lipinski definition) is 4. The first-order chi connectivity index (χ1) is 8.85. The van der Waals surface area contributed by atoms with E-state index in [9.17, 15) is 0 Å². The Labute approximate surface area is 109 Å². The molecule has 4 heteroatoms. The summed E-state index contributed by atoms with van der Waals surface area (Å²) >= 11 is 0. The third-order valence-electron chi connectivity index (χ3n) is 3.72. The van der Waals surface area contributed by atoms with Crippen molar-refractivity contribution in [3.05, 3.63) is 30.1 Å². The zero-order chi connectivity index (χ0) is 12.8. The molecular formula is C14H23N3O. The van der Waals surface area contributed by atoms with Crippen LogP contribution in [0.3, 0.4) is 0 Å². The highest BCUT2D eigenvalue weighted by Crippen LogP contribution is 2.21. The summed E-state index contributed by atoms with van der Waals surface area (Å²) in [4.78, 5) is 6.81. The van der Waals surface area contributed by atoms with Gasteiger partial charge in [0.1, 0.15) is 0 Å². The topological polar surface area (TPSA) is 51.4 Å². The second-order valence-electron chi connectivity index (χ2n) is 4.81. The predicted molar refractivity (Wildman–Crippen MR) is 72.1 cm³/mol. The average molecular weight is 249 g/mol. The van der Waals surface area contributed by atoms with E-state index in [1.54, 1.807) is 0 Å². The number of ether oxygens (including phenoxy) is 1. The number of nitrogens with zero attached hydrogens (tertiary/aromatic N) is 2. The number of pyridine rings is 1. The number of aromatic nitrogens is 1. The van der Waals surface area contributed by atoms with Crippen LogP contribution >= 0.6 is 0 Å². The second kappa shape index (κ2) is 6.83. The van der Waals surface area contributed by atoms with Crippen molar-refractivity contribution in [3.63, 3.8) is 0 Å². The summed E-state index contributed by atoms with van der Waals surface area (Å²) in [5, 5.41) is 0. The van der Waals surface area contributed by atoms with Crippen LogP contribution in [0.4, 0.5) is 0 Å². The van der Waals surface area contributed by atoms with Crippen LogP contribution in [0.15, 0.2) is 24.4 Å². The van der Waals surface area contributed by atoms with Gasteiger partial charge in [0.05, 0.1) is 12.3 Å². The van der Waals surface area contributed by atoms with Crippen molar-refractivity contribution in [3.8, 4) is 0 Å². The van der Waals surface area contributed by atoms with Gasteiger partial charge in [-0.05, 0) is 25.1 Å². The average Bonchev–Trinajstić information content (AvgIpc) is 2.93. The van der Waals surface area contributed by atoms with E-state index in [0.29, 0.717) is 18.5 Å². The summed E-state index contributed by atoms with van der Waals surface area (Å²) in [6, 6.07) is 6.46. The largest absolute Gasteiger partial charge is 0.381 e. The molecule has 1 aliphatic heterocycles. The summed E-state index contributed by atoms with van der Waals surface area (Å²) in [6.45, 7) is 6.46. The fraction of sp³-hybridized carbons (Fsp3) is 0.643. The molecule has 2 unspecified atom stereocenters. The molecule has 0 aliphatic carbocycles. The van der Waals surface area contributed by atoms with Crippen LogP contribution in [0.2, 0.25) is 0 Å². The van der Waals surface area contributed by atoms with Gasteiger partial charge in [-0.2, -0.15) is 0 Å². The first-order valence-corrected chi connectivity index (χ1v) is 6.77. The molecule has 2 rings (SSSR count).